The van der Waals surface area contributed by atoms with Gasteiger partial charge in [-0.3, -0.25) is 4.99 Å². The molecule has 0 unspecified atom stereocenters. The molecule has 0 aliphatic heterocycles. The molecule has 2 aromatic rings. The van der Waals surface area contributed by atoms with E-state index in [1.165, 1.54) is 10.8 Å². The van der Waals surface area contributed by atoms with E-state index in [2.05, 4.69) is 15.3 Å². The lowest BCUT2D eigenvalue weighted by Gasteiger charge is -2.06. The van der Waals surface area contributed by atoms with Crippen molar-refractivity contribution in [1.82, 2.24) is 9.55 Å². The third kappa shape index (κ3) is 4.53. The smallest absolute Gasteiger partial charge is 0.342 e. The minimum absolute atomic E-state index is 0.0624. The van der Waals surface area contributed by atoms with E-state index in [0.717, 1.165) is 5.69 Å². The third-order valence-electron chi connectivity index (χ3n) is 3.07. The summed E-state index contributed by atoms with van der Waals surface area (Å²) in [6, 6.07) is 7.59. The van der Waals surface area contributed by atoms with Gasteiger partial charge in [0.15, 0.2) is 6.61 Å². The van der Waals surface area contributed by atoms with Crippen molar-refractivity contribution in [2.24, 2.45) is 12.0 Å². The van der Waals surface area contributed by atoms with Crippen LogP contribution in [0.5, 0.6) is 5.75 Å². The number of hydrogen-bond acceptors (Lipinski definition) is 5. The van der Waals surface area contributed by atoms with Gasteiger partial charge in [0.2, 0.25) is 5.82 Å². The van der Waals surface area contributed by atoms with Gasteiger partial charge in [0.25, 0.3) is 0 Å². The first-order valence-electron chi connectivity index (χ1n) is 7.13. The largest absolute Gasteiger partial charge is 0.483 e. The molecule has 8 heteroatoms. The minimum atomic E-state index is -0.477. The predicted molar refractivity (Wildman–Crippen MR) is 87.9 cm³/mol. The topological polar surface area (TPSA) is 94.6 Å². The zero-order valence-corrected chi connectivity index (χ0v) is 13.3. The number of hydrogen-bond donors (Lipinski definition) is 1. The van der Waals surface area contributed by atoms with E-state index in [0.29, 0.717) is 11.6 Å². The van der Waals surface area contributed by atoms with Crippen LogP contribution in [0.15, 0.2) is 35.5 Å². The van der Waals surface area contributed by atoms with E-state index < -0.39 is 4.92 Å². The zero-order chi connectivity index (χ0) is 16.8. The molecule has 1 aromatic carbocycles. The summed E-state index contributed by atoms with van der Waals surface area (Å²) in [5, 5.41) is 13.8. The molecule has 0 radical (unpaired) electrons. The highest BCUT2D eigenvalue weighted by atomic mass is 16.6. The highest BCUT2D eigenvalue weighted by Crippen LogP contribution is 2.18. The number of nitrogens with one attached hydrogen (secondary N) is 1. The molecule has 1 N–H and O–H groups in total. The summed E-state index contributed by atoms with van der Waals surface area (Å²) >= 11 is 0. The van der Waals surface area contributed by atoms with Crippen molar-refractivity contribution in [2.75, 3.05) is 5.32 Å². The standard InChI is InChI=1S/C15H19N5O3/c1-11(2)17-10-18-12-4-6-13(7-5-12)23-9-14-16-8-15(19(14)3)20(21)22/h4-8,10-11H,9H2,1-3H3,(H,17,18). The van der Waals surface area contributed by atoms with Gasteiger partial charge < -0.3 is 20.2 Å². The second kappa shape index (κ2) is 7.39. The van der Waals surface area contributed by atoms with Crippen LogP contribution in [0.4, 0.5) is 11.5 Å². The van der Waals surface area contributed by atoms with E-state index in [4.69, 9.17) is 4.74 Å². The van der Waals surface area contributed by atoms with Gasteiger partial charge in [0.1, 0.15) is 11.9 Å². The summed E-state index contributed by atoms with van der Waals surface area (Å²) < 4.78 is 7.00. The minimum Gasteiger partial charge on any atom is -0.483 e. The Bertz CT molecular complexity index is 692. The van der Waals surface area contributed by atoms with Crippen LogP contribution >= 0.6 is 0 Å². The van der Waals surface area contributed by atoms with Gasteiger partial charge in [-0.1, -0.05) is 0 Å². The first kappa shape index (κ1) is 16.5. The quantitative estimate of drug-likeness (QED) is 0.367. The van der Waals surface area contributed by atoms with Crippen LogP contribution in [0, 0.1) is 10.1 Å². The molecule has 0 amide bonds. The molecule has 0 aliphatic carbocycles. The van der Waals surface area contributed by atoms with Crippen LogP contribution in [-0.2, 0) is 13.7 Å². The molecule has 1 heterocycles. The predicted octanol–water partition coefficient (Wildman–Crippen LogP) is 2.76. The Kier molecular flexibility index (Phi) is 5.29. The Hall–Kier alpha value is -2.90. The van der Waals surface area contributed by atoms with E-state index in [1.807, 2.05) is 38.1 Å². The van der Waals surface area contributed by atoms with Crippen molar-refractivity contribution in [3.05, 3.63) is 46.4 Å². The molecule has 0 atom stereocenters. The van der Waals surface area contributed by atoms with Crippen molar-refractivity contribution in [3.8, 4) is 5.75 Å². The van der Waals surface area contributed by atoms with Gasteiger partial charge in [0, 0.05) is 11.7 Å². The number of nitrogens with zero attached hydrogens (tertiary/aromatic N) is 4. The molecular formula is C15H19N5O3. The summed E-state index contributed by atoms with van der Waals surface area (Å²) in [5.41, 5.74) is 0.898. The molecule has 2 rings (SSSR count). The fourth-order valence-electron chi connectivity index (χ4n) is 1.80. The number of aromatic nitrogens is 2. The Labute approximate surface area is 134 Å². The van der Waals surface area contributed by atoms with Crippen molar-refractivity contribution < 1.29 is 9.66 Å². The maximum atomic E-state index is 10.8. The van der Waals surface area contributed by atoms with Gasteiger partial charge in [-0.15, -0.1) is 0 Å². The summed E-state index contributed by atoms with van der Waals surface area (Å²) in [7, 11) is 1.59. The van der Waals surface area contributed by atoms with Crippen molar-refractivity contribution in [3.63, 3.8) is 0 Å². The average molecular weight is 317 g/mol. The SMILES string of the molecule is CC(C)N=CNc1ccc(OCc2ncc([N+](=O)[O-])n2C)cc1. The van der Waals surface area contributed by atoms with Gasteiger partial charge in [-0.05, 0) is 43.0 Å². The third-order valence-corrected chi connectivity index (χ3v) is 3.07. The number of rotatable bonds is 7. The van der Waals surface area contributed by atoms with Gasteiger partial charge in [0.05, 0.1) is 13.4 Å². The first-order chi connectivity index (χ1) is 11.0. The molecule has 0 spiro atoms. The van der Waals surface area contributed by atoms with Crippen LogP contribution in [0.25, 0.3) is 0 Å². The molecule has 0 aliphatic rings. The zero-order valence-electron chi connectivity index (χ0n) is 13.3. The summed E-state index contributed by atoms with van der Waals surface area (Å²) in [5.74, 6) is 1.08. The number of aliphatic imine (C=N–C) groups is 1. The Morgan fingerprint density at radius 1 is 1.43 bits per heavy atom. The summed E-state index contributed by atoms with van der Waals surface area (Å²) in [4.78, 5) is 18.5. The molecule has 1 aromatic heterocycles. The van der Waals surface area contributed by atoms with E-state index >= 15 is 0 Å². The second-order valence-corrected chi connectivity index (χ2v) is 5.18. The van der Waals surface area contributed by atoms with Gasteiger partial charge in [-0.2, -0.15) is 0 Å². The fraction of sp³-hybridized carbons (Fsp3) is 0.333. The number of imidazole rings is 1. The molecule has 0 saturated carbocycles. The van der Waals surface area contributed by atoms with Crippen LogP contribution in [-0.4, -0.2) is 26.9 Å². The van der Waals surface area contributed by atoms with Crippen molar-refractivity contribution in [2.45, 2.75) is 26.5 Å². The highest BCUT2D eigenvalue weighted by molar-refractivity contribution is 5.75. The van der Waals surface area contributed by atoms with E-state index in [9.17, 15) is 10.1 Å². The Balaban J connectivity index is 1.93. The van der Waals surface area contributed by atoms with Crippen LogP contribution in [0.3, 0.4) is 0 Å². The van der Waals surface area contributed by atoms with Crippen LogP contribution in [0.2, 0.25) is 0 Å². The molecule has 0 fully saturated rings. The maximum absolute atomic E-state index is 10.8. The molecule has 23 heavy (non-hydrogen) atoms. The molecule has 8 nitrogen and oxygen atoms in total. The lowest BCUT2D eigenvalue weighted by Crippen LogP contribution is -2.05. The highest BCUT2D eigenvalue weighted by Gasteiger charge is 2.16. The van der Waals surface area contributed by atoms with Crippen LogP contribution in [0.1, 0.15) is 19.7 Å². The van der Waals surface area contributed by atoms with Gasteiger partial charge in [-0.25, -0.2) is 9.55 Å². The second-order valence-electron chi connectivity index (χ2n) is 5.18. The van der Waals surface area contributed by atoms with E-state index in [1.54, 1.807) is 13.4 Å². The van der Waals surface area contributed by atoms with Crippen molar-refractivity contribution >= 4 is 17.8 Å². The van der Waals surface area contributed by atoms with E-state index in [-0.39, 0.29) is 18.5 Å². The number of ether oxygens (including phenoxy) is 1. The Morgan fingerprint density at radius 3 is 2.70 bits per heavy atom. The fourth-order valence-corrected chi connectivity index (χ4v) is 1.80. The monoisotopic (exact) mass is 317 g/mol. The van der Waals surface area contributed by atoms with Gasteiger partial charge >= 0.3 is 5.82 Å². The normalized spacial score (nSPS) is 11.1. The lowest BCUT2D eigenvalue weighted by atomic mass is 10.3. The maximum Gasteiger partial charge on any atom is 0.342 e. The number of anilines is 1. The summed E-state index contributed by atoms with van der Waals surface area (Å²) in [6.07, 6.45) is 2.88. The number of benzene rings is 1. The molecular weight excluding hydrogens is 298 g/mol. The summed E-state index contributed by atoms with van der Waals surface area (Å²) in [6.45, 7) is 4.15. The molecule has 122 valence electrons. The van der Waals surface area contributed by atoms with Crippen molar-refractivity contribution in [1.29, 1.82) is 0 Å². The number of nitro groups is 1. The molecule has 0 saturated heterocycles. The first-order valence-corrected chi connectivity index (χ1v) is 7.13. The van der Waals surface area contributed by atoms with Crippen LogP contribution < -0.4 is 10.1 Å². The Morgan fingerprint density at radius 2 is 2.13 bits per heavy atom. The molecule has 0 bridgehead atoms. The lowest BCUT2D eigenvalue weighted by molar-refractivity contribution is -0.391. The average Bonchev–Trinajstić information content (AvgIpc) is 2.87.